The summed E-state index contributed by atoms with van der Waals surface area (Å²) in [5, 5.41) is 10.4. The Morgan fingerprint density at radius 2 is 1.93 bits per heavy atom. The molecule has 0 saturated carbocycles. The average molecular weight is 335 g/mol. The summed E-state index contributed by atoms with van der Waals surface area (Å²) in [5.74, 6) is 0. The van der Waals surface area contributed by atoms with E-state index in [1.54, 1.807) is 0 Å². The van der Waals surface area contributed by atoms with Gasteiger partial charge in [-0.3, -0.25) is 10.1 Å². The van der Waals surface area contributed by atoms with Gasteiger partial charge in [0.15, 0.2) is 0 Å². The van der Waals surface area contributed by atoms with Crippen molar-refractivity contribution in [2.75, 3.05) is 0 Å². The molecule has 0 atom stereocenters. The van der Waals surface area contributed by atoms with Crippen molar-refractivity contribution in [2.45, 2.75) is 4.90 Å². The third-order valence-electron chi connectivity index (χ3n) is 1.48. The quantitative estimate of drug-likeness (QED) is 0.473. The highest BCUT2D eigenvalue weighted by Gasteiger charge is 2.25. The standard InChI is InChI=1S/C6H2BrCl2NO4S/c7-5-4(15(9,13)14)2-1-3(8)6(5)10(11)12/h1-2H. The molecule has 0 spiro atoms. The number of hydrogen-bond donors (Lipinski definition) is 0. The maximum Gasteiger partial charge on any atom is 0.303 e. The molecule has 0 radical (unpaired) electrons. The minimum Gasteiger partial charge on any atom is -0.258 e. The first-order valence-corrected chi connectivity index (χ1v) is 6.80. The van der Waals surface area contributed by atoms with Gasteiger partial charge in [0.2, 0.25) is 0 Å². The lowest BCUT2D eigenvalue weighted by atomic mass is 10.3. The van der Waals surface area contributed by atoms with Crippen molar-refractivity contribution < 1.29 is 13.3 Å². The van der Waals surface area contributed by atoms with E-state index in [2.05, 4.69) is 15.9 Å². The molecular formula is C6H2BrCl2NO4S. The molecular weight excluding hydrogens is 333 g/mol. The fraction of sp³-hybridized carbons (Fsp3) is 0. The molecule has 0 unspecified atom stereocenters. The third kappa shape index (κ3) is 2.60. The zero-order chi connectivity index (χ0) is 11.8. The number of benzene rings is 1. The van der Waals surface area contributed by atoms with Crippen molar-refractivity contribution in [3.05, 3.63) is 31.7 Å². The molecule has 0 aliphatic rings. The number of nitro benzene ring substituents is 1. The fourth-order valence-electron chi connectivity index (χ4n) is 0.878. The predicted molar refractivity (Wildman–Crippen MR) is 58.8 cm³/mol. The Hall–Kier alpha value is -0.370. The molecule has 0 aromatic heterocycles. The maximum atomic E-state index is 11.0. The van der Waals surface area contributed by atoms with E-state index in [0.29, 0.717) is 0 Å². The van der Waals surface area contributed by atoms with Crippen molar-refractivity contribution in [3.8, 4) is 0 Å². The van der Waals surface area contributed by atoms with Gasteiger partial charge in [-0.05, 0) is 28.1 Å². The number of hydrogen-bond acceptors (Lipinski definition) is 4. The van der Waals surface area contributed by atoms with Gasteiger partial charge >= 0.3 is 5.69 Å². The molecule has 0 aliphatic heterocycles. The lowest BCUT2D eigenvalue weighted by Gasteiger charge is -2.02. The molecule has 15 heavy (non-hydrogen) atoms. The normalized spacial score (nSPS) is 11.4. The van der Waals surface area contributed by atoms with E-state index in [0.717, 1.165) is 12.1 Å². The van der Waals surface area contributed by atoms with Crippen LogP contribution in [0.4, 0.5) is 5.69 Å². The van der Waals surface area contributed by atoms with Gasteiger partial charge in [0.05, 0.1) is 4.92 Å². The molecule has 1 rings (SSSR count). The highest BCUT2D eigenvalue weighted by Crippen LogP contribution is 2.38. The summed E-state index contributed by atoms with van der Waals surface area (Å²) in [6.45, 7) is 0. The summed E-state index contributed by atoms with van der Waals surface area (Å²) in [4.78, 5) is 9.39. The summed E-state index contributed by atoms with van der Waals surface area (Å²) in [5.41, 5.74) is -0.529. The van der Waals surface area contributed by atoms with Crippen LogP contribution in [-0.4, -0.2) is 13.3 Å². The lowest BCUT2D eigenvalue weighted by Crippen LogP contribution is -1.97. The van der Waals surface area contributed by atoms with E-state index < -0.39 is 19.7 Å². The molecule has 0 aliphatic carbocycles. The van der Waals surface area contributed by atoms with Gasteiger partial charge in [-0.25, -0.2) is 8.42 Å². The van der Waals surface area contributed by atoms with Crippen molar-refractivity contribution in [1.29, 1.82) is 0 Å². The molecule has 0 fully saturated rings. The van der Waals surface area contributed by atoms with Crippen LogP contribution in [0, 0.1) is 10.1 Å². The van der Waals surface area contributed by atoms with Crippen LogP contribution in [0.3, 0.4) is 0 Å². The van der Waals surface area contributed by atoms with Crippen molar-refractivity contribution in [1.82, 2.24) is 0 Å². The Kier molecular flexibility index (Phi) is 3.59. The number of halogens is 3. The van der Waals surface area contributed by atoms with Gasteiger partial charge < -0.3 is 0 Å². The van der Waals surface area contributed by atoms with Crippen molar-refractivity contribution >= 4 is 53.0 Å². The van der Waals surface area contributed by atoms with Crippen molar-refractivity contribution in [3.63, 3.8) is 0 Å². The monoisotopic (exact) mass is 333 g/mol. The highest BCUT2D eigenvalue weighted by atomic mass is 79.9. The summed E-state index contributed by atoms with van der Waals surface area (Å²) in [6.07, 6.45) is 0. The Balaban J connectivity index is 3.64. The molecule has 5 nitrogen and oxygen atoms in total. The summed E-state index contributed by atoms with van der Waals surface area (Å²) >= 11 is 8.32. The van der Waals surface area contributed by atoms with Crippen LogP contribution in [0.5, 0.6) is 0 Å². The SMILES string of the molecule is O=[N+]([O-])c1c(Cl)ccc(S(=O)(=O)Cl)c1Br. The molecule has 0 N–H and O–H groups in total. The number of nitrogens with zero attached hydrogens (tertiary/aromatic N) is 1. The first-order chi connectivity index (χ1) is 6.75. The lowest BCUT2D eigenvalue weighted by molar-refractivity contribution is -0.385. The van der Waals surface area contributed by atoms with Gasteiger partial charge in [0.25, 0.3) is 9.05 Å². The first kappa shape index (κ1) is 12.7. The van der Waals surface area contributed by atoms with Crippen molar-refractivity contribution in [2.24, 2.45) is 0 Å². The van der Waals surface area contributed by atoms with E-state index in [1.165, 1.54) is 0 Å². The van der Waals surface area contributed by atoms with Crippen LogP contribution in [0.25, 0.3) is 0 Å². The Labute approximate surface area is 103 Å². The highest BCUT2D eigenvalue weighted by molar-refractivity contribution is 9.10. The Bertz CT molecular complexity index is 530. The maximum absolute atomic E-state index is 11.0. The summed E-state index contributed by atoms with van der Waals surface area (Å²) in [6, 6.07) is 2.18. The molecule has 0 heterocycles. The predicted octanol–water partition coefficient (Wildman–Crippen LogP) is 2.94. The second kappa shape index (κ2) is 4.25. The topological polar surface area (TPSA) is 77.3 Å². The van der Waals surface area contributed by atoms with Crippen LogP contribution in [0.15, 0.2) is 21.5 Å². The van der Waals surface area contributed by atoms with Crippen LogP contribution in [0.1, 0.15) is 0 Å². The van der Waals surface area contributed by atoms with Gasteiger partial charge in [-0.1, -0.05) is 11.6 Å². The van der Waals surface area contributed by atoms with Gasteiger partial charge in [-0.2, -0.15) is 0 Å². The van der Waals surface area contributed by atoms with E-state index in [1.807, 2.05) is 0 Å². The zero-order valence-corrected chi connectivity index (χ0v) is 10.7. The Morgan fingerprint density at radius 1 is 1.40 bits per heavy atom. The van der Waals surface area contributed by atoms with E-state index in [4.69, 9.17) is 22.3 Å². The molecule has 1 aromatic carbocycles. The first-order valence-electron chi connectivity index (χ1n) is 3.32. The third-order valence-corrected chi connectivity index (χ3v) is 4.21. The second-order valence-electron chi connectivity index (χ2n) is 2.40. The fourth-order valence-corrected chi connectivity index (χ4v) is 3.56. The van der Waals surface area contributed by atoms with Crippen LogP contribution in [-0.2, 0) is 9.05 Å². The number of rotatable bonds is 2. The van der Waals surface area contributed by atoms with E-state index >= 15 is 0 Å². The smallest absolute Gasteiger partial charge is 0.258 e. The molecule has 9 heteroatoms. The largest absolute Gasteiger partial charge is 0.303 e. The zero-order valence-electron chi connectivity index (χ0n) is 6.78. The van der Waals surface area contributed by atoms with Gasteiger partial charge in [-0.15, -0.1) is 0 Å². The molecule has 0 saturated heterocycles. The molecule has 1 aromatic rings. The van der Waals surface area contributed by atoms with Gasteiger partial charge in [0, 0.05) is 10.7 Å². The molecule has 0 amide bonds. The number of nitro groups is 1. The van der Waals surface area contributed by atoms with Gasteiger partial charge in [0.1, 0.15) is 14.4 Å². The van der Waals surface area contributed by atoms with Crippen LogP contribution >= 0.6 is 38.2 Å². The van der Waals surface area contributed by atoms with Crippen LogP contribution < -0.4 is 0 Å². The Morgan fingerprint density at radius 3 is 2.33 bits per heavy atom. The minimum atomic E-state index is -4.04. The average Bonchev–Trinajstić information content (AvgIpc) is 2.00. The van der Waals surface area contributed by atoms with E-state index in [-0.39, 0.29) is 14.4 Å². The minimum absolute atomic E-state index is 0.170. The molecule has 82 valence electrons. The van der Waals surface area contributed by atoms with E-state index in [9.17, 15) is 18.5 Å². The van der Waals surface area contributed by atoms with Crippen LogP contribution in [0.2, 0.25) is 5.02 Å². The molecule has 0 bridgehead atoms. The summed E-state index contributed by atoms with van der Waals surface area (Å²) < 4.78 is 21.8. The summed E-state index contributed by atoms with van der Waals surface area (Å²) in [7, 11) is 1.03. The second-order valence-corrected chi connectivity index (χ2v) is 6.14.